The monoisotopic (exact) mass is 424 g/mol. The number of benzene rings is 1. The largest absolute Gasteiger partial charge is 0.497 e. The third-order valence-electron chi connectivity index (χ3n) is 7.63. The van der Waals surface area contributed by atoms with Crippen LogP contribution in [-0.4, -0.2) is 70.2 Å². The maximum absolute atomic E-state index is 14.4. The maximum atomic E-state index is 14.4. The first kappa shape index (κ1) is 19.7. The van der Waals surface area contributed by atoms with E-state index in [9.17, 15) is 12.8 Å². The molecule has 3 heterocycles. The molecule has 160 valence electrons. The normalized spacial score (nSPS) is 29.0. The molecule has 3 saturated heterocycles. The molecule has 4 fully saturated rings. The molecule has 0 bridgehead atoms. The number of nitrogens with zero attached hydrogens (tertiary/aromatic N) is 2. The van der Waals surface area contributed by atoms with Gasteiger partial charge in [-0.3, -0.25) is 4.90 Å². The lowest BCUT2D eigenvalue weighted by Gasteiger charge is -2.57. The molecule has 1 aromatic carbocycles. The van der Waals surface area contributed by atoms with Crippen LogP contribution >= 0.6 is 0 Å². The van der Waals surface area contributed by atoms with E-state index in [-0.39, 0.29) is 10.3 Å². The van der Waals surface area contributed by atoms with Gasteiger partial charge in [0.15, 0.2) is 0 Å². The first-order valence-electron chi connectivity index (χ1n) is 10.5. The Hall–Kier alpha value is -1.22. The second kappa shape index (κ2) is 6.90. The fourth-order valence-electron chi connectivity index (χ4n) is 5.75. The minimum atomic E-state index is -3.82. The van der Waals surface area contributed by atoms with E-state index in [4.69, 9.17) is 9.47 Å². The summed E-state index contributed by atoms with van der Waals surface area (Å²) in [5, 5.41) is 0. The van der Waals surface area contributed by atoms with Gasteiger partial charge in [-0.2, -0.15) is 4.31 Å². The second-order valence-electron chi connectivity index (χ2n) is 9.49. The van der Waals surface area contributed by atoms with Gasteiger partial charge in [-0.25, -0.2) is 12.8 Å². The van der Waals surface area contributed by atoms with E-state index in [1.165, 1.54) is 36.4 Å². The van der Waals surface area contributed by atoms with Crippen LogP contribution in [0.25, 0.3) is 0 Å². The molecule has 0 N–H and O–H groups in total. The Labute approximate surface area is 172 Å². The molecule has 0 aromatic heterocycles. The van der Waals surface area contributed by atoms with Gasteiger partial charge in [-0.15, -0.1) is 0 Å². The Morgan fingerprint density at radius 1 is 1.14 bits per heavy atom. The molecule has 0 radical (unpaired) electrons. The van der Waals surface area contributed by atoms with E-state index in [1.807, 2.05) is 0 Å². The van der Waals surface area contributed by atoms with Crippen molar-refractivity contribution in [3.8, 4) is 5.75 Å². The highest BCUT2D eigenvalue weighted by Crippen LogP contribution is 2.51. The van der Waals surface area contributed by atoms with Gasteiger partial charge >= 0.3 is 0 Å². The van der Waals surface area contributed by atoms with Crippen LogP contribution in [0.1, 0.15) is 32.1 Å². The second-order valence-corrected chi connectivity index (χ2v) is 11.4. The van der Waals surface area contributed by atoms with Crippen LogP contribution in [0.15, 0.2) is 23.1 Å². The van der Waals surface area contributed by atoms with Gasteiger partial charge < -0.3 is 9.47 Å². The van der Waals surface area contributed by atoms with Crippen molar-refractivity contribution >= 4 is 10.0 Å². The summed E-state index contributed by atoms with van der Waals surface area (Å²) in [5.74, 6) is -0.436. The lowest BCUT2D eigenvalue weighted by molar-refractivity contribution is -0.198. The van der Waals surface area contributed by atoms with E-state index < -0.39 is 15.8 Å². The van der Waals surface area contributed by atoms with E-state index >= 15 is 0 Å². The molecule has 1 saturated carbocycles. The number of halogens is 1. The maximum Gasteiger partial charge on any atom is 0.245 e. The first-order valence-corrected chi connectivity index (χ1v) is 11.9. The van der Waals surface area contributed by atoms with Crippen LogP contribution in [-0.2, 0) is 14.8 Å². The van der Waals surface area contributed by atoms with Crippen molar-refractivity contribution in [1.29, 1.82) is 0 Å². The Morgan fingerprint density at radius 3 is 2.45 bits per heavy atom. The summed E-state index contributed by atoms with van der Waals surface area (Å²) in [5.41, 5.74) is 0.684. The molecule has 2 spiro atoms. The van der Waals surface area contributed by atoms with Crippen molar-refractivity contribution in [2.75, 3.05) is 46.5 Å². The third kappa shape index (κ3) is 3.28. The van der Waals surface area contributed by atoms with Crippen LogP contribution in [0.3, 0.4) is 0 Å². The lowest BCUT2D eigenvalue weighted by atomic mass is 9.75. The first-order chi connectivity index (χ1) is 13.8. The quantitative estimate of drug-likeness (QED) is 0.743. The van der Waals surface area contributed by atoms with Crippen LogP contribution in [0.5, 0.6) is 5.75 Å². The van der Waals surface area contributed by atoms with E-state index in [2.05, 4.69) is 4.90 Å². The number of piperidine rings is 1. The van der Waals surface area contributed by atoms with Gasteiger partial charge in [0, 0.05) is 43.7 Å². The molecule has 3 aliphatic heterocycles. The molecule has 4 aliphatic rings. The molecule has 1 atom stereocenters. The number of hydrogen-bond acceptors (Lipinski definition) is 5. The summed E-state index contributed by atoms with van der Waals surface area (Å²) in [6.45, 7) is 5.08. The molecule has 1 unspecified atom stereocenters. The molecular formula is C21H29FN2O4S. The summed E-state index contributed by atoms with van der Waals surface area (Å²) in [7, 11) is -2.39. The standard InChI is InChI=1S/C21H29FN2O4S/c1-27-17-2-3-19(18(22)10-17)29(25,26)24-8-6-20(7-9-24)5-4-16(11-20)23-12-21(13-23)14-28-15-21/h2-3,10,16H,4-9,11-15H2,1H3. The zero-order chi connectivity index (χ0) is 20.3. The van der Waals surface area contributed by atoms with Gasteiger partial charge in [0.05, 0.1) is 20.3 Å². The molecule has 5 rings (SSSR count). The lowest BCUT2D eigenvalue weighted by Crippen LogP contribution is -2.67. The van der Waals surface area contributed by atoms with Crippen LogP contribution in [0, 0.1) is 16.6 Å². The number of hydrogen-bond donors (Lipinski definition) is 0. The Bertz CT molecular complexity index is 886. The summed E-state index contributed by atoms with van der Waals surface area (Å²) in [4.78, 5) is 2.35. The summed E-state index contributed by atoms with van der Waals surface area (Å²) < 4.78 is 52.1. The Morgan fingerprint density at radius 2 is 1.86 bits per heavy atom. The molecule has 8 heteroatoms. The Balaban J connectivity index is 1.21. The average molecular weight is 425 g/mol. The summed E-state index contributed by atoms with van der Waals surface area (Å²) in [6, 6.07) is 4.56. The highest BCUT2D eigenvalue weighted by molar-refractivity contribution is 7.89. The highest BCUT2D eigenvalue weighted by atomic mass is 32.2. The predicted octanol–water partition coefficient (Wildman–Crippen LogP) is 2.49. The number of likely N-dealkylation sites (tertiary alicyclic amines) is 1. The molecule has 1 aromatic rings. The summed E-state index contributed by atoms with van der Waals surface area (Å²) >= 11 is 0. The zero-order valence-electron chi connectivity index (χ0n) is 16.9. The van der Waals surface area contributed by atoms with Crippen LogP contribution in [0.4, 0.5) is 4.39 Å². The molecule has 0 amide bonds. The fraction of sp³-hybridized carbons (Fsp3) is 0.714. The van der Waals surface area contributed by atoms with Gasteiger partial charge in [-0.05, 0) is 49.7 Å². The molecule has 1 aliphatic carbocycles. The summed E-state index contributed by atoms with van der Waals surface area (Å²) in [6.07, 6.45) is 5.26. The van der Waals surface area contributed by atoms with Crippen molar-refractivity contribution in [3.63, 3.8) is 0 Å². The smallest absolute Gasteiger partial charge is 0.245 e. The van der Waals surface area contributed by atoms with Gasteiger partial charge in [0.2, 0.25) is 10.0 Å². The molecular weight excluding hydrogens is 395 g/mol. The van der Waals surface area contributed by atoms with E-state index in [1.54, 1.807) is 0 Å². The average Bonchev–Trinajstić information content (AvgIpc) is 3.02. The minimum absolute atomic E-state index is 0.244. The van der Waals surface area contributed by atoms with E-state index in [0.29, 0.717) is 30.3 Å². The van der Waals surface area contributed by atoms with Crippen molar-refractivity contribution in [1.82, 2.24) is 9.21 Å². The predicted molar refractivity (Wildman–Crippen MR) is 106 cm³/mol. The van der Waals surface area contributed by atoms with Gasteiger partial charge in [-0.1, -0.05) is 0 Å². The van der Waals surface area contributed by atoms with Crippen molar-refractivity contribution in [3.05, 3.63) is 24.0 Å². The van der Waals surface area contributed by atoms with Crippen LogP contribution in [0.2, 0.25) is 0 Å². The molecule has 29 heavy (non-hydrogen) atoms. The van der Waals surface area contributed by atoms with E-state index in [0.717, 1.165) is 51.6 Å². The molecule has 6 nitrogen and oxygen atoms in total. The fourth-order valence-corrected chi connectivity index (χ4v) is 7.23. The van der Waals surface area contributed by atoms with Crippen molar-refractivity contribution in [2.24, 2.45) is 10.8 Å². The third-order valence-corrected chi connectivity index (χ3v) is 9.56. The van der Waals surface area contributed by atoms with Gasteiger partial charge in [0.1, 0.15) is 16.5 Å². The minimum Gasteiger partial charge on any atom is -0.497 e. The number of sulfonamides is 1. The number of rotatable bonds is 4. The SMILES string of the molecule is COc1ccc(S(=O)(=O)N2CCC3(CCC(N4CC5(COC5)C4)C3)CC2)c(F)c1. The van der Waals surface area contributed by atoms with Crippen LogP contribution < -0.4 is 4.74 Å². The van der Waals surface area contributed by atoms with Gasteiger partial charge in [0.25, 0.3) is 0 Å². The van der Waals surface area contributed by atoms with Crippen molar-refractivity contribution in [2.45, 2.75) is 43.0 Å². The topological polar surface area (TPSA) is 59.1 Å². The number of ether oxygens (including phenoxy) is 2. The number of methoxy groups -OCH3 is 1. The Kier molecular flexibility index (Phi) is 4.70. The van der Waals surface area contributed by atoms with Crippen molar-refractivity contribution < 1.29 is 22.3 Å². The zero-order valence-corrected chi connectivity index (χ0v) is 17.7. The highest BCUT2D eigenvalue weighted by Gasteiger charge is 2.53.